The highest BCUT2D eigenvalue weighted by Crippen LogP contribution is 2.49. The summed E-state index contributed by atoms with van der Waals surface area (Å²) in [6.45, 7) is 0. The Labute approximate surface area is 244 Å². The maximum atomic E-state index is 9.20. The van der Waals surface area contributed by atoms with Crippen LogP contribution in [0.2, 0.25) is 0 Å². The molecule has 0 unspecified atom stereocenters. The summed E-state index contributed by atoms with van der Waals surface area (Å²) in [4.78, 5) is 0. The van der Waals surface area contributed by atoms with Gasteiger partial charge in [-0.15, -0.1) is 11.3 Å². The monoisotopic (exact) mass is 538 g/mol. The van der Waals surface area contributed by atoms with Crippen LogP contribution in [0, 0.1) is 0 Å². The molecule has 0 amide bonds. The average molecular weight is 539 g/mol. The van der Waals surface area contributed by atoms with Crippen molar-refractivity contribution < 1.29 is 2.74 Å². The van der Waals surface area contributed by atoms with Gasteiger partial charge in [0.25, 0.3) is 0 Å². The summed E-state index contributed by atoms with van der Waals surface area (Å²) in [6.07, 6.45) is 0. The molecule has 0 aliphatic carbocycles. The molecular formula is C40H24S. The Kier molecular flexibility index (Phi) is 4.46. The van der Waals surface area contributed by atoms with Gasteiger partial charge in [0.2, 0.25) is 0 Å². The number of hydrogen-bond donors (Lipinski definition) is 0. The molecule has 1 aromatic heterocycles. The molecule has 9 aromatic rings. The number of rotatable bonds is 2. The van der Waals surface area contributed by atoms with E-state index in [-0.39, 0.29) is 0 Å². The van der Waals surface area contributed by atoms with E-state index in [4.69, 9.17) is 1.37 Å². The van der Waals surface area contributed by atoms with Gasteiger partial charge in [0, 0.05) is 20.2 Å². The van der Waals surface area contributed by atoms with Crippen molar-refractivity contribution in [3.8, 4) is 22.3 Å². The number of fused-ring (bicyclic) bond motifs is 8. The summed E-state index contributed by atoms with van der Waals surface area (Å²) in [5, 5.41) is 11.1. The van der Waals surface area contributed by atoms with E-state index in [1.54, 1.807) is 11.3 Å². The van der Waals surface area contributed by atoms with E-state index in [0.29, 0.717) is 12.1 Å². The van der Waals surface area contributed by atoms with E-state index in [0.717, 1.165) is 36.5 Å². The second-order valence-corrected chi connectivity index (χ2v) is 11.7. The molecule has 0 spiro atoms. The smallest absolute Gasteiger partial charge is 0.0630 e. The number of thiophene rings is 1. The first-order chi connectivity index (χ1) is 21.2. The van der Waals surface area contributed by atoms with Gasteiger partial charge < -0.3 is 0 Å². The molecule has 1 heteroatoms. The molecular weight excluding hydrogens is 513 g/mol. The van der Waals surface area contributed by atoms with Gasteiger partial charge in [-0.25, -0.2) is 0 Å². The normalized spacial score (nSPS) is 12.6. The van der Waals surface area contributed by atoms with Crippen molar-refractivity contribution in [2.45, 2.75) is 0 Å². The lowest BCUT2D eigenvalue weighted by molar-refractivity contribution is 1.69. The highest BCUT2D eigenvalue weighted by Gasteiger charge is 2.20. The van der Waals surface area contributed by atoms with Gasteiger partial charge in [0.1, 0.15) is 0 Å². The Hall–Kier alpha value is -4.98. The van der Waals surface area contributed by atoms with Gasteiger partial charge in [-0.2, -0.15) is 0 Å². The van der Waals surface area contributed by atoms with Gasteiger partial charge in [-0.3, -0.25) is 0 Å². The Balaban J connectivity index is 1.48. The minimum Gasteiger partial charge on any atom is -0.135 e. The van der Waals surface area contributed by atoms with Crippen molar-refractivity contribution in [1.29, 1.82) is 0 Å². The molecule has 8 aromatic carbocycles. The van der Waals surface area contributed by atoms with Crippen LogP contribution in [0.4, 0.5) is 0 Å². The molecule has 190 valence electrons. The van der Waals surface area contributed by atoms with Gasteiger partial charge in [0.15, 0.2) is 0 Å². The molecule has 0 aliphatic heterocycles. The average Bonchev–Trinajstić information content (AvgIpc) is 3.46. The summed E-state index contributed by atoms with van der Waals surface area (Å²) in [6, 6.07) is 47.9. The Morgan fingerprint density at radius 1 is 0.390 bits per heavy atom. The lowest BCUT2D eigenvalue weighted by atomic mass is 9.84. The fraction of sp³-hybridized carbons (Fsp3) is 0. The zero-order valence-corrected chi connectivity index (χ0v) is 22.9. The van der Waals surface area contributed by atoms with E-state index >= 15 is 0 Å². The zero-order chi connectivity index (χ0) is 28.7. The van der Waals surface area contributed by atoms with Crippen molar-refractivity contribution in [2.24, 2.45) is 0 Å². The van der Waals surface area contributed by atoms with Crippen LogP contribution in [0.5, 0.6) is 0 Å². The molecule has 0 bridgehead atoms. The second kappa shape index (κ2) is 8.76. The summed E-state index contributed by atoms with van der Waals surface area (Å²) in [5.41, 5.74) is 4.77. The zero-order valence-electron chi connectivity index (χ0n) is 24.1. The molecule has 9 rings (SSSR count). The van der Waals surface area contributed by atoms with Crippen LogP contribution in [-0.4, -0.2) is 0 Å². The van der Waals surface area contributed by atoms with Crippen molar-refractivity contribution >= 4 is 74.6 Å². The molecule has 0 N–H and O–H groups in total. The Morgan fingerprint density at radius 2 is 0.902 bits per heavy atom. The maximum absolute atomic E-state index is 9.20. The van der Waals surface area contributed by atoms with Gasteiger partial charge in [-0.1, -0.05) is 139 Å². The Bertz CT molecular complexity index is 2530. The van der Waals surface area contributed by atoms with Crippen LogP contribution < -0.4 is 0 Å². The fourth-order valence-corrected chi connectivity index (χ4v) is 7.96. The summed E-state index contributed by atoms with van der Waals surface area (Å²) < 4.78 is 20.3. The van der Waals surface area contributed by atoms with Crippen LogP contribution in [0.25, 0.3) is 85.5 Å². The van der Waals surface area contributed by atoms with Crippen LogP contribution >= 0.6 is 11.3 Å². The summed E-state index contributed by atoms with van der Waals surface area (Å²) in [7, 11) is 0. The van der Waals surface area contributed by atoms with E-state index in [2.05, 4.69) is 115 Å². The van der Waals surface area contributed by atoms with E-state index < -0.39 is 0 Å². The predicted octanol–water partition coefficient (Wildman–Crippen LogP) is 12.0. The highest BCUT2D eigenvalue weighted by atomic mass is 32.1. The summed E-state index contributed by atoms with van der Waals surface area (Å²) in [5.74, 6) is 0. The fourth-order valence-electron chi connectivity index (χ4n) is 6.74. The molecule has 0 aliphatic rings. The lowest BCUT2D eigenvalue weighted by Crippen LogP contribution is -1.92. The third-order valence-corrected chi connectivity index (χ3v) is 9.66. The minimum absolute atomic E-state index is 0.290. The molecule has 1 heterocycles. The van der Waals surface area contributed by atoms with Crippen molar-refractivity contribution in [1.82, 2.24) is 0 Å². The molecule has 0 nitrogen and oxygen atoms in total. The molecule has 41 heavy (non-hydrogen) atoms. The molecule has 0 saturated carbocycles. The van der Waals surface area contributed by atoms with Crippen molar-refractivity contribution in [2.75, 3.05) is 0 Å². The highest BCUT2D eigenvalue weighted by molar-refractivity contribution is 7.26. The third kappa shape index (κ3) is 3.27. The first kappa shape index (κ1) is 20.9. The lowest BCUT2D eigenvalue weighted by Gasteiger charge is -2.19. The molecule has 0 atom stereocenters. The molecule has 0 saturated heterocycles. The molecule has 0 radical (unpaired) electrons. The van der Waals surface area contributed by atoms with Crippen molar-refractivity contribution in [3.05, 3.63) is 146 Å². The topological polar surface area (TPSA) is 0 Å². The van der Waals surface area contributed by atoms with Gasteiger partial charge in [0.05, 0.1) is 2.74 Å². The SMILES string of the molecule is [2H]c1c([2H])c2c(sc3cccc(-c4c5ccccc5c(-c5cccc6ccccc56)c5ccccc45)c32)c2ccccc12. The van der Waals surface area contributed by atoms with Crippen molar-refractivity contribution in [3.63, 3.8) is 0 Å². The van der Waals surface area contributed by atoms with Crippen LogP contribution in [-0.2, 0) is 0 Å². The third-order valence-electron chi connectivity index (χ3n) is 8.47. The Morgan fingerprint density at radius 3 is 1.61 bits per heavy atom. The second-order valence-electron chi connectivity index (χ2n) is 10.6. The number of benzene rings is 8. The first-order valence-corrected chi connectivity index (χ1v) is 14.8. The minimum atomic E-state index is 0.290. The summed E-state index contributed by atoms with van der Waals surface area (Å²) >= 11 is 1.73. The molecule has 0 fully saturated rings. The van der Waals surface area contributed by atoms with Crippen LogP contribution in [0.3, 0.4) is 0 Å². The van der Waals surface area contributed by atoms with Crippen LogP contribution in [0.1, 0.15) is 2.74 Å². The van der Waals surface area contributed by atoms with E-state index in [1.165, 1.54) is 49.0 Å². The van der Waals surface area contributed by atoms with Crippen LogP contribution in [0.15, 0.2) is 146 Å². The van der Waals surface area contributed by atoms with E-state index in [9.17, 15) is 1.37 Å². The van der Waals surface area contributed by atoms with Gasteiger partial charge in [-0.05, 0) is 71.4 Å². The maximum Gasteiger partial charge on any atom is 0.0630 e. The standard InChI is InChI=1S/C40H24S/c1-3-14-27-25(11-1)13-9-20-29(27)37-30-16-5-7-18-32(30)38(33-19-8-6-17-31(33)37)34-21-10-22-36-39(34)35-24-23-26-12-2-4-15-28(26)40(35)41-36/h1-24H/i23D,24D. The number of hydrogen-bond acceptors (Lipinski definition) is 1. The first-order valence-electron chi connectivity index (χ1n) is 15.0. The van der Waals surface area contributed by atoms with E-state index in [1.807, 2.05) is 18.2 Å². The largest absolute Gasteiger partial charge is 0.135 e. The predicted molar refractivity (Wildman–Crippen MR) is 180 cm³/mol. The van der Waals surface area contributed by atoms with Gasteiger partial charge >= 0.3 is 0 Å². The quantitative estimate of drug-likeness (QED) is 0.192.